The van der Waals surface area contributed by atoms with Gasteiger partial charge in [0.15, 0.2) is 6.61 Å². The summed E-state index contributed by atoms with van der Waals surface area (Å²) in [6.07, 6.45) is 3.36. The number of rotatable bonds is 7. The molecule has 6 heteroatoms. The highest BCUT2D eigenvalue weighted by Gasteiger charge is 2.17. The van der Waals surface area contributed by atoms with Crippen molar-refractivity contribution in [3.8, 4) is 11.5 Å². The van der Waals surface area contributed by atoms with Gasteiger partial charge in [-0.15, -0.1) is 11.3 Å². The van der Waals surface area contributed by atoms with Gasteiger partial charge in [-0.3, -0.25) is 9.78 Å². The number of carbonyl (C=O) groups is 1. The van der Waals surface area contributed by atoms with E-state index in [2.05, 4.69) is 4.98 Å². The van der Waals surface area contributed by atoms with Crippen molar-refractivity contribution in [1.82, 2.24) is 4.98 Å². The number of pyridine rings is 1. The minimum absolute atomic E-state index is 0.0621. The van der Waals surface area contributed by atoms with E-state index in [1.54, 1.807) is 47.9 Å². The topological polar surface area (TPSA) is 51.7 Å². The summed E-state index contributed by atoms with van der Waals surface area (Å²) in [6, 6.07) is 14.8. The van der Waals surface area contributed by atoms with Gasteiger partial charge in [0, 0.05) is 17.1 Å². The number of hydrogen-bond acceptors (Lipinski definition) is 5. The zero-order chi connectivity index (χ0) is 17.5. The number of aromatic nitrogens is 1. The Labute approximate surface area is 150 Å². The molecule has 0 bridgehead atoms. The van der Waals surface area contributed by atoms with Crippen LogP contribution in [0.2, 0.25) is 0 Å². The molecule has 0 atom stereocenters. The Balaban J connectivity index is 1.72. The van der Waals surface area contributed by atoms with Gasteiger partial charge in [-0.2, -0.15) is 0 Å². The third kappa shape index (κ3) is 4.58. The van der Waals surface area contributed by atoms with Gasteiger partial charge in [-0.25, -0.2) is 0 Å². The van der Waals surface area contributed by atoms with Crippen molar-refractivity contribution in [3.05, 3.63) is 71.2 Å². The summed E-state index contributed by atoms with van der Waals surface area (Å²) in [4.78, 5) is 19.6. The molecule has 0 aliphatic heterocycles. The molecule has 128 valence electrons. The molecule has 0 saturated carbocycles. The Morgan fingerprint density at radius 2 is 2.04 bits per heavy atom. The van der Waals surface area contributed by atoms with E-state index in [1.807, 2.05) is 41.8 Å². The first-order valence-corrected chi connectivity index (χ1v) is 8.64. The number of ether oxygens (including phenoxy) is 2. The Morgan fingerprint density at radius 3 is 2.76 bits per heavy atom. The van der Waals surface area contributed by atoms with E-state index in [-0.39, 0.29) is 12.5 Å². The molecule has 0 N–H and O–H groups in total. The molecule has 0 aliphatic carbocycles. The van der Waals surface area contributed by atoms with Gasteiger partial charge in [-0.05, 0) is 35.7 Å². The van der Waals surface area contributed by atoms with Gasteiger partial charge in [0.25, 0.3) is 5.91 Å². The van der Waals surface area contributed by atoms with Crippen molar-refractivity contribution in [2.75, 3.05) is 18.6 Å². The summed E-state index contributed by atoms with van der Waals surface area (Å²) >= 11 is 1.61. The van der Waals surface area contributed by atoms with Crippen LogP contribution in [0.25, 0.3) is 0 Å². The third-order valence-electron chi connectivity index (χ3n) is 3.56. The van der Waals surface area contributed by atoms with Crippen molar-refractivity contribution in [2.24, 2.45) is 0 Å². The monoisotopic (exact) mass is 354 g/mol. The second kappa shape index (κ2) is 8.30. The lowest BCUT2D eigenvalue weighted by atomic mass is 10.3. The number of amides is 1. The number of hydrogen-bond donors (Lipinski definition) is 0. The maximum absolute atomic E-state index is 12.7. The van der Waals surface area contributed by atoms with E-state index in [1.165, 1.54) is 0 Å². The SMILES string of the molecule is COc1cccc(OCC(=O)N(Cc2cccs2)c2cccnc2)c1. The summed E-state index contributed by atoms with van der Waals surface area (Å²) in [5, 5.41) is 1.99. The molecule has 3 rings (SSSR count). The predicted molar refractivity (Wildman–Crippen MR) is 98.2 cm³/mol. The molecule has 25 heavy (non-hydrogen) atoms. The van der Waals surface area contributed by atoms with Crippen molar-refractivity contribution in [3.63, 3.8) is 0 Å². The van der Waals surface area contributed by atoms with Crippen LogP contribution in [0.1, 0.15) is 4.88 Å². The van der Waals surface area contributed by atoms with Gasteiger partial charge in [0.2, 0.25) is 0 Å². The fourth-order valence-corrected chi connectivity index (χ4v) is 3.00. The number of benzene rings is 1. The van der Waals surface area contributed by atoms with Gasteiger partial charge < -0.3 is 14.4 Å². The fraction of sp³-hybridized carbons (Fsp3) is 0.158. The summed E-state index contributed by atoms with van der Waals surface area (Å²) in [7, 11) is 1.59. The lowest BCUT2D eigenvalue weighted by Gasteiger charge is -2.22. The Bertz CT molecular complexity index is 807. The second-order valence-electron chi connectivity index (χ2n) is 5.24. The lowest BCUT2D eigenvalue weighted by molar-refractivity contribution is -0.120. The minimum Gasteiger partial charge on any atom is -0.497 e. The van der Waals surface area contributed by atoms with Crippen LogP contribution in [0.3, 0.4) is 0 Å². The first-order valence-electron chi connectivity index (χ1n) is 7.76. The molecule has 1 amide bonds. The zero-order valence-electron chi connectivity index (χ0n) is 13.8. The van der Waals surface area contributed by atoms with Crippen LogP contribution >= 0.6 is 11.3 Å². The normalized spacial score (nSPS) is 10.3. The average molecular weight is 354 g/mol. The summed E-state index contributed by atoms with van der Waals surface area (Å²) in [5.41, 5.74) is 0.746. The summed E-state index contributed by atoms with van der Waals surface area (Å²) < 4.78 is 10.8. The van der Waals surface area contributed by atoms with Crippen LogP contribution < -0.4 is 14.4 Å². The van der Waals surface area contributed by atoms with Crippen molar-refractivity contribution < 1.29 is 14.3 Å². The first kappa shape index (κ1) is 17.0. The predicted octanol–water partition coefficient (Wildman–Crippen LogP) is 3.76. The highest BCUT2D eigenvalue weighted by atomic mass is 32.1. The number of thiophene rings is 1. The molecule has 2 aromatic heterocycles. The smallest absolute Gasteiger partial charge is 0.265 e. The van der Waals surface area contributed by atoms with E-state index in [9.17, 15) is 4.79 Å². The molecule has 0 spiro atoms. The van der Waals surface area contributed by atoms with Crippen molar-refractivity contribution in [2.45, 2.75) is 6.54 Å². The molecular formula is C19H18N2O3S. The maximum Gasteiger partial charge on any atom is 0.265 e. The van der Waals surface area contributed by atoms with Crippen LogP contribution in [0.15, 0.2) is 66.3 Å². The largest absolute Gasteiger partial charge is 0.497 e. The second-order valence-corrected chi connectivity index (χ2v) is 6.27. The lowest BCUT2D eigenvalue weighted by Crippen LogP contribution is -2.34. The average Bonchev–Trinajstić information content (AvgIpc) is 3.18. The number of anilines is 1. The van der Waals surface area contributed by atoms with Gasteiger partial charge in [-0.1, -0.05) is 12.1 Å². The quantitative estimate of drug-likeness (QED) is 0.648. The third-order valence-corrected chi connectivity index (χ3v) is 4.42. The van der Waals surface area contributed by atoms with E-state index >= 15 is 0 Å². The number of nitrogens with zero attached hydrogens (tertiary/aromatic N) is 2. The Kier molecular flexibility index (Phi) is 5.64. The molecule has 0 unspecified atom stereocenters. The number of methoxy groups -OCH3 is 1. The number of carbonyl (C=O) groups excluding carboxylic acids is 1. The van der Waals surface area contributed by atoms with Crippen molar-refractivity contribution in [1.29, 1.82) is 0 Å². The van der Waals surface area contributed by atoms with Crippen LogP contribution in [-0.2, 0) is 11.3 Å². The van der Waals surface area contributed by atoms with Crippen LogP contribution in [-0.4, -0.2) is 24.6 Å². The van der Waals surface area contributed by atoms with Crippen LogP contribution in [0, 0.1) is 0 Å². The maximum atomic E-state index is 12.7. The van der Waals surface area contributed by atoms with Crippen LogP contribution in [0.5, 0.6) is 11.5 Å². The van der Waals surface area contributed by atoms with Crippen LogP contribution in [0.4, 0.5) is 5.69 Å². The van der Waals surface area contributed by atoms with Gasteiger partial charge in [0.05, 0.1) is 25.5 Å². The Hall–Kier alpha value is -2.86. The standard InChI is InChI=1S/C19H18N2O3S/c1-23-16-6-2-7-17(11-16)24-14-19(22)21(13-18-8-4-10-25-18)15-5-3-9-20-12-15/h2-12H,13-14H2,1H3. The Morgan fingerprint density at radius 1 is 1.16 bits per heavy atom. The van der Waals surface area contributed by atoms with Crippen molar-refractivity contribution >= 4 is 22.9 Å². The first-order chi connectivity index (χ1) is 12.3. The molecule has 0 saturated heterocycles. The van der Waals surface area contributed by atoms with E-state index in [4.69, 9.17) is 9.47 Å². The molecule has 1 aromatic carbocycles. The molecule has 0 radical (unpaired) electrons. The van der Waals surface area contributed by atoms with Gasteiger partial charge >= 0.3 is 0 Å². The molecule has 3 aromatic rings. The zero-order valence-corrected chi connectivity index (χ0v) is 14.6. The van der Waals surface area contributed by atoms with E-state index in [0.717, 1.165) is 10.6 Å². The molecule has 2 heterocycles. The van der Waals surface area contributed by atoms with Gasteiger partial charge in [0.1, 0.15) is 11.5 Å². The summed E-state index contributed by atoms with van der Waals surface area (Å²) in [6.45, 7) is 0.428. The molecule has 0 fully saturated rings. The van der Waals surface area contributed by atoms with E-state index in [0.29, 0.717) is 18.0 Å². The minimum atomic E-state index is -0.135. The highest BCUT2D eigenvalue weighted by Crippen LogP contribution is 2.21. The highest BCUT2D eigenvalue weighted by molar-refractivity contribution is 7.09. The fourth-order valence-electron chi connectivity index (χ4n) is 2.31. The molecular weight excluding hydrogens is 336 g/mol. The van der Waals surface area contributed by atoms with E-state index < -0.39 is 0 Å². The molecule has 5 nitrogen and oxygen atoms in total. The summed E-state index contributed by atoms with van der Waals surface area (Å²) in [5.74, 6) is 1.15. The molecule has 0 aliphatic rings.